The van der Waals surface area contributed by atoms with E-state index in [1.807, 2.05) is 121 Å². The predicted octanol–water partition coefficient (Wildman–Crippen LogP) is 11.0. The number of benzene rings is 3. The molecule has 0 fully saturated rings. The Morgan fingerprint density at radius 3 is 1.77 bits per heavy atom. The third-order valence-electron chi connectivity index (χ3n) is 8.69. The third-order valence-corrected chi connectivity index (χ3v) is 8.86. The number of nitrogens with zero attached hydrogens (tertiary/aromatic N) is 8. The van der Waals surface area contributed by atoms with Gasteiger partial charge in [-0.25, -0.2) is 24.5 Å². The Kier molecular flexibility index (Phi) is 12.5. The van der Waals surface area contributed by atoms with Gasteiger partial charge >= 0.3 is 12.2 Å². The summed E-state index contributed by atoms with van der Waals surface area (Å²) in [5, 5.41) is 14.9. The highest BCUT2D eigenvalue weighted by Crippen LogP contribution is 2.28. The lowest BCUT2D eigenvalue weighted by atomic mass is 10.1. The van der Waals surface area contributed by atoms with Gasteiger partial charge in [-0.15, -0.1) is 0 Å². The second kappa shape index (κ2) is 18.1. The van der Waals surface area contributed by atoms with Crippen molar-refractivity contribution in [2.24, 2.45) is 0 Å². The quantitative estimate of drug-likeness (QED) is 0.138. The Bertz CT molecular complexity index is 2800. The summed E-state index contributed by atoms with van der Waals surface area (Å²) in [7, 11) is 0. The first kappa shape index (κ1) is 42.7. The molecule has 5 heterocycles. The van der Waals surface area contributed by atoms with Crippen molar-refractivity contribution in [3.63, 3.8) is 0 Å². The lowest BCUT2D eigenvalue weighted by Crippen LogP contribution is -2.27. The lowest BCUT2D eigenvalue weighted by Gasteiger charge is -2.18. The first-order valence-electron chi connectivity index (χ1n) is 19.6. The van der Waals surface area contributed by atoms with Gasteiger partial charge in [-0.05, 0) is 101 Å². The molecule has 0 aliphatic rings. The average Bonchev–Trinajstić information content (AvgIpc) is 4.00. The Balaban J connectivity index is 0.000000188. The number of furan rings is 1. The van der Waals surface area contributed by atoms with E-state index in [0.29, 0.717) is 16.9 Å². The number of hydrogen-bond donors (Lipinski definition) is 2. The van der Waals surface area contributed by atoms with E-state index in [2.05, 4.69) is 52.9 Å². The summed E-state index contributed by atoms with van der Waals surface area (Å²) < 4.78 is 18.5. The molecule has 0 amide bonds. The first-order chi connectivity index (χ1) is 29.5. The zero-order valence-electron chi connectivity index (χ0n) is 35.3. The number of anilines is 4. The number of aryl methyl sites for hydroxylation is 1. The van der Waals surface area contributed by atoms with Crippen molar-refractivity contribution >= 4 is 57.9 Å². The molecule has 2 N–H and O–H groups in total. The van der Waals surface area contributed by atoms with Gasteiger partial charge in [-0.1, -0.05) is 54.6 Å². The SMILES string of the molecule is CC(C)(C)OC(=O)n1cc(-c2ccc(Nc3nc(Cl)nc4ccoc34)cc2)cn1.Cc1nc(Cc2ccccc2)cc(Nc2ccc(-c3cnn(C(=O)OC(C)(C)C)c3)cc2)n1. The fraction of sp³-hybridized carbons (Fsp3) is 0.217. The number of rotatable bonds is 8. The minimum absolute atomic E-state index is 0.132. The monoisotopic (exact) mass is 852 g/mol. The molecule has 62 heavy (non-hydrogen) atoms. The zero-order chi connectivity index (χ0) is 44.0. The highest BCUT2D eigenvalue weighted by Gasteiger charge is 2.20. The van der Waals surface area contributed by atoms with Gasteiger partial charge in [0.2, 0.25) is 5.28 Å². The van der Waals surface area contributed by atoms with Crippen LogP contribution in [0.25, 0.3) is 33.4 Å². The summed E-state index contributed by atoms with van der Waals surface area (Å²) in [6.45, 7) is 12.8. The molecule has 0 saturated carbocycles. The van der Waals surface area contributed by atoms with Crippen LogP contribution in [0, 0.1) is 6.92 Å². The molecule has 0 bridgehead atoms. The van der Waals surface area contributed by atoms with Crippen LogP contribution in [0.5, 0.6) is 0 Å². The third kappa shape index (κ3) is 11.5. The van der Waals surface area contributed by atoms with Gasteiger partial charge in [-0.3, -0.25) is 0 Å². The molecule has 16 heteroatoms. The van der Waals surface area contributed by atoms with Gasteiger partial charge in [0.25, 0.3) is 0 Å². The highest BCUT2D eigenvalue weighted by atomic mass is 35.5. The molecule has 0 aliphatic heterocycles. The zero-order valence-corrected chi connectivity index (χ0v) is 36.0. The molecular formula is C46H45ClN10O5. The Hall–Kier alpha value is -7.39. The Labute approximate surface area is 363 Å². The standard InChI is InChI=1S/C26H27N5O2.C20H18ClN5O3/c1-18-28-23(14-19-8-6-5-7-9-19)15-24(29-18)30-22-12-10-20(11-13-22)21-16-27-31(17-21)25(32)33-26(2,3)4;1-20(2,3)29-19(27)26-11-13(10-22-26)12-4-6-14(7-5-12)23-17-16-15(8-9-28-16)24-18(21)25-17/h5-13,15-17H,14H2,1-4H3,(H,28,29,30);4-11H,1-3H3,(H,23,24,25). The first-order valence-corrected chi connectivity index (χ1v) is 20.0. The topological polar surface area (TPSA) is 177 Å². The molecule has 8 aromatic rings. The van der Waals surface area contributed by atoms with Crippen LogP contribution in [0.1, 0.15) is 58.6 Å². The number of carbonyl (C=O) groups excluding carboxylic acids is 2. The normalized spacial score (nSPS) is 11.4. The van der Waals surface area contributed by atoms with E-state index >= 15 is 0 Å². The molecule has 8 rings (SSSR count). The van der Waals surface area contributed by atoms with Gasteiger partial charge < -0.3 is 24.5 Å². The van der Waals surface area contributed by atoms with Crippen LogP contribution in [0.2, 0.25) is 5.28 Å². The summed E-state index contributed by atoms with van der Waals surface area (Å²) in [5.74, 6) is 1.95. The molecule has 0 atom stereocenters. The summed E-state index contributed by atoms with van der Waals surface area (Å²) in [6.07, 6.45) is 7.82. The average molecular weight is 853 g/mol. The van der Waals surface area contributed by atoms with E-state index in [1.165, 1.54) is 21.2 Å². The van der Waals surface area contributed by atoms with Crippen molar-refractivity contribution in [2.45, 2.75) is 66.1 Å². The number of carbonyl (C=O) groups is 2. The van der Waals surface area contributed by atoms with Crippen molar-refractivity contribution in [1.82, 2.24) is 39.5 Å². The minimum Gasteiger partial charge on any atom is -0.459 e. The largest absolute Gasteiger partial charge is 0.459 e. The van der Waals surface area contributed by atoms with Crippen molar-refractivity contribution < 1.29 is 23.5 Å². The van der Waals surface area contributed by atoms with Gasteiger partial charge in [0.05, 0.1) is 24.4 Å². The number of hydrogen-bond acceptors (Lipinski definition) is 13. The molecule has 3 aromatic carbocycles. The van der Waals surface area contributed by atoms with Crippen molar-refractivity contribution in [3.8, 4) is 22.3 Å². The molecular weight excluding hydrogens is 808 g/mol. The maximum absolute atomic E-state index is 12.2. The summed E-state index contributed by atoms with van der Waals surface area (Å²) >= 11 is 5.97. The van der Waals surface area contributed by atoms with Crippen molar-refractivity contribution in [3.05, 3.63) is 144 Å². The van der Waals surface area contributed by atoms with E-state index in [4.69, 9.17) is 25.5 Å². The number of halogens is 1. The maximum atomic E-state index is 12.2. The summed E-state index contributed by atoms with van der Waals surface area (Å²) in [5.41, 5.74) is 7.32. The van der Waals surface area contributed by atoms with Crippen molar-refractivity contribution in [2.75, 3.05) is 10.6 Å². The molecule has 0 radical (unpaired) electrons. The van der Waals surface area contributed by atoms with Gasteiger partial charge in [0.1, 0.15) is 28.4 Å². The van der Waals surface area contributed by atoms with E-state index in [-0.39, 0.29) is 5.28 Å². The predicted molar refractivity (Wildman–Crippen MR) is 238 cm³/mol. The Morgan fingerprint density at radius 1 is 0.677 bits per heavy atom. The van der Waals surface area contributed by atoms with Crippen LogP contribution in [0.3, 0.4) is 0 Å². The van der Waals surface area contributed by atoms with E-state index in [1.54, 1.807) is 30.9 Å². The molecule has 0 spiro atoms. The van der Waals surface area contributed by atoms with E-state index in [9.17, 15) is 9.59 Å². The molecule has 5 aromatic heterocycles. The van der Waals surface area contributed by atoms with Crippen LogP contribution in [0.4, 0.5) is 32.6 Å². The van der Waals surface area contributed by atoms with Gasteiger partial charge in [-0.2, -0.15) is 24.5 Å². The van der Waals surface area contributed by atoms with Crippen LogP contribution >= 0.6 is 11.6 Å². The van der Waals surface area contributed by atoms with Crippen molar-refractivity contribution in [1.29, 1.82) is 0 Å². The van der Waals surface area contributed by atoms with E-state index < -0.39 is 23.4 Å². The van der Waals surface area contributed by atoms with Crippen LogP contribution in [0.15, 0.2) is 126 Å². The Morgan fingerprint density at radius 2 is 1.23 bits per heavy atom. The molecule has 0 unspecified atom stereocenters. The second-order valence-corrected chi connectivity index (χ2v) is 16.5. The smallest absolute Gasteiger partial charge is 0.435 e. The fourth-order valence-corrected chi connectivity index (χ4v) is 6.22. The molecule has 0 saturated heterocycles. The van der Waals surface area contributed by atoms with Gasteiger partial charge in [0.15, 0.2) is 11.4 Å². The number of fused-ring (bicyclic) bond motifs is 1. The fourth-order valence-electron chi connectivity index (χ4n) is 6.05. The van der Waals surface area contributed by atoms with E-state index in [0.717, 1.165) is 57.4 Å². The molecule has 316 valence electrons. The second-order valence-electron chi connectivity index (χ2n) is 16.1. The lowest BCUT2D eigenvalue weighted by molar-refractivity contribution is 0.0503. The maximum Gasteiger partial charge on any atom is 0.435 e. The molecule has 15 nitrogen and oxygen atoms in total. The number of aromatic nitrogens is 8. The van der Waals surface area contributed by atoms with Gasteiger partial charge in [0, 0.05) is 53.4 Å². The minimum atomic E-state index is -0.584. The van der Waals surface area contributed by atoms with Crippen LogP contribution < -0.4 is 10.6 Å². The summed E-state index contributed by atoms with van der Waals surface area (Å²) in [6, 6.07) is 29.4. The molecule has 0 aliphatic carbocycles. The highest BCUT2D eigenvalue weighted by molar-refractivity contribution is 6.28. The summed E-state index contributed by atoms with van der Waals surface area (Å²) in [4.78, 5) is 41.7. The van der Waals surface area contributed by atoms with Crippen LogP contribution in [-0.2, 0) is 15.9 Å². The number of ether oxygens (including phenoxy) is 2. The number of nitrogens with one attached hydrogen (secondary N) is 2. The van der Waals surface area contributed by atoms with Crippen LogP contribution in [-0.4, -0.2) is 62.9 Å².